The molecular weight excluding hydrogens is 411 g/mol. The van der Waals surface area contributed by atoms with Crippen LogP contribution < -0.4 is 0 Å². The number of para-hydroxylation sites is 2. The number of rotatable bonds is 15. The maximum atomic E-state index is 4.82. The van der Waals surface area contributed by atoms with E-state index in [0.717, 1.165) is 23.5 Å². The molecule has 0 N–H and O–H groups in total. The molecule has 0 aliphatic rings. The molecule has 30 heavy (non-hydrogen) atoms. The summed E-state index contributed by atoms with van der Waals surface area (Å²) in [6, 6.07) is 20.3. The Morgan fingerprint density at radius 1 is 0.633 bits per heavy atom. The summed E-state index contributed by atoms with van der Waals surface area (Å²) in [5.41, 5.74) is 3.05. The Labute approximate surface area is 194 Å². The van der Waals surface area contributed by atoms with Crippen molar-refractivity contribution in [2.45, 2.75) is 84.0 Å². The van der Waals surface area contributed by atoms with Gasteiger partial charge < -0.3 is 0 Å². The van der Waals surface area contributed by atoms with E-state index in [1.54, 1.807) is 0 Å². The zero-order valence-electron chi connectivity index (χ0n) is 18.5. The van der Waals surface area contributed by atoms with Crippen LogP contribution >= 0.6 is 0 Å². The maximum Gasteiger partial charge on any atom is 0.0633 e. The van der Waals surface area contributed by atoms with Gasteiger partial charge in [0.05, 0.1) is 17.1 Å². The zero-order valence-corrected chi connectivity index (χ0v) is 19.5. The Kier molecular flexibility index (Phi) is 15.9. The van der Waals surface area contributed by atoms with Crippen LogP contribution in [0.25, 0.3) is 0 Å². The minimum absolute atomic E-state index is 0. The largest absolute Gasteiger partial charge is 0.255 e. The summed E-state index contributed by atoms with van der Waals surface area (Å²) in [4.78, 5) is 9.44. The van der Waals surface area contributed by atoms with E-state index in [1.165, 1.54) is 70.6 Å². The van der Waals surface area contributed by atoms with Gasteiger partial charge in [-0.15, -0.1) is 0 Å². The fraction of sp³-hybridized carbons (Fsp3) is 0.481. The molecule has 0 radical (unpaired) electrons. The smallest absolute Gasteiger partial charge is 0.0633 e. The van der Waals surface area contributed by atoms with E-state index in [-0.39, 0.29) is 16.5 Å². The fourth-order valence-corrected chi connectivity index (χ4v) is 3.45. The number of nitrogens with zero attached hydrogens (tertiary/aromatic N) is 2. The second-order valence-electron chi connectivity index (χ2n) is 7.82. The molecule has 0 aliphatic heterocycles. The number of unbranched alkanes of at least 4 members (excludes halogenated alkanes) is 10. The molecule has 3 heteroatoms. The van der Waals surface area contributed by atoms with E-state index in [4.69, 9.17) is 4.99 Å². The van der Waals surface area contributed by atoms with Crippen molar-refractivity contribution in [2.75, 3.05) is 0 Å². The molecular formula is C27H38N2Ni. The van der Waals surface area contributed by atoms with E-state index >= 15 is 0 Å². The molecule has 0 aromatic heterocycles. The Balaban J connectivity index is 0.00000450. The van der Waals surface area contributed by atoms with Crippen molar-refractivity contribution in [3.8, 4) is 0 Å². The van der Waals surface area contributed by atoms with Gasteiger partial charge in [-0.2, -0.15) is 0 Å². The Morgan fingerprint density at radius 2 is 1.10 bits per heavy atom. The molecule has 2 nitrogen and oxygen atoms in total. The third kappa shape index (κ3) is 12.8. The van der Waals surface area contributed by atoms with E-state index in [9.17, 15) is 0 Å². The molecule has 0 fully saturated rings. The SMILES string of the molecule is CCCCCCCCCCCCCC(C=Nc1ccccc1)=Nc1ccccc1.[Ni]. The topological polar surface area (TPSA) is 24.7 Å². The van der Waals surface area contributed by atoms with Crippen molar-refractivity contribution >= 4 is 23.3 Å². The summed E-state index contributed by atoms with van der Waals surface area (Å²) in [5, 5.41) is 0. The minimum atomic E-state index is 0. The van der Waals surface area contributed by atoms with Gasteiger partial charge in [0.1, 0.15) is 0 Å². The number of hydrogen-bond acceptors (Lipinski definition) is 2. The molecule has 2 rings (SSSR count). The van der Waals surface area contributed by atoms with E-state index in [0.29, 0.717) is 0 Å². The standard InChI is InChI=1S/C27H38N2.Ni/c1-2-3-4-5-6-7-8-9-10-11-14-23-27(29-26-21-17-13-18-22-26)24-28-25-19-15-12-16-20-25;/h12-13,15-22,24H,2-11,14,23H2,1H3;. The van der Waals surface area contributed by atoms with Gasteiger partial charge in [-0.1, -0.05) is 108 Å². The van der Waals surface area contributed by atoms with E-state index in [1.807, 2.05) is 54.7 Å². The van der Waals surface area contributed by atoms with Crippen molar-refractivity contribution in [2.24, 2.45) is 9.98 Å². The van der Waals surface area contributed by atoms with Crippen LogP contribution in [0.4, 0.5) is 11.4 Å². The first kappa shape index (κ1) is 26.3. The number of benzene rings is 2. The molecule has 0 atom stereocenters. The molecule has 0 saturated heterocycles. The normalized spacial score (nSPS) is 11.6. The molecule has 0 spiro atoms. The third-order valence-corrected chi connectivity index (χ3v) is 5.18. The maximum absolute atomic E-state index is 4.82. The first-order valence-corrected chi connectivity index (χ1v) is 11.6. The first-order valence-electron chi connectivity index (χ1n) is 11.6. The molecule has 0 amide bonds. The molecule has 0 aliphatic carbocycles. The Morgan fingerprint density at radius 3 is 1.63 bits per heavy atom. The first-order chi connectivity index (χ1) is 14.4. The minimum Gasteiger partial charge on any atom is -0.255 e. The molecule has 0 saturated carbocycles. The van der Waals surface area contributed by atoms with Gasteiger partial charge >= 0.3 is 0 Å². The van der Waals surface area contributed by atoms with Crippen LogP contribution in [0.2, 0.25) is 0 Å². The molecule has 2 aromatic rings. The van der Waals surface area contributed by atoms with Crippen LogP contribution in [0.3, 0.4) is 0 Å². The third-order valence-electron chi connectivity index (χ3n) is 5.18. The van der Waals surface area contributed by atoms with Crippen LogP contribution in [-0.4, -0.2) is 11.9 Å². The average molecular weight is 449 g/mol. The Hall–Kier alpha value is -1.73. The van der Waals surface area contributed by atoms with Gasteiger partial charge in [0.2, 0.25) is 0 Å². The summed E-state index contributed by atoms with van der Waals surface area (Å²) >= 11 is 0. The Bertz CT molecular complexity index is 695. The van der Waals surface area contributed by atoms with Crippen molar-refractivity contribution in [3.63, 3.8) is 0 Å². The van der Waals surface area contributed by atoms with Crippen LogP contribution in [0.15, 0.2) is 70.6 Å². The van der Waals surface area contributed by atoms with Gasteiger partial charge in [-0.3, -0.25) is 9.98 Å². The molecule has 2 aromatic carbocycles. The number of aliphatic imine (C=N–C) groups is 2. The monoisotopic (exact) mass is 448 g/mol. The second-order valence-corrected chi connectivity index (χ2v) is 7.82. The van der Waals surface area contributed by atoms with Gasteiger partial charge in [0, 0.05) is 22.7 Å². The average Bonchev–Trinajstić information content (AvgIpc) is 2.77. The van der Waals surface area contributed by atoms with Crippen molar-refractivity contribution in [3.05, 3.63) is 60.7 Å². The number of hydrogen-bond donors (Lipinski definition) is 0. The van der Waals surface area contributed by atoms with E-state index in [2.05, 4.69) is 24.0 Å². The summed E-state index contributed by atoms with van der Waals surface area (Å²) in [7, 11) is 0. The second kappa shape index (κ2) is 18.1. The molecule has 0 heterocycles. The van der Waals surface area contributed by atoms with Crippen molar-refractivity contribution < 1.29 is 16.5 Å². The van der Waals surface area contributed by atoms with Crippen LogP contribution in [0.5, 0.6) is 0 Å². The summed E-state index contributed by atoms with van der Waals surface area (Å²) in [6.45, 7) is 2.28. The van der Waals surface area contributed by atoms with Gasteiger partial charge in [-0.05, 0) is 37.1 Å². The van der Waals surface area contributed by atoms with Crippen LogP contribution in [0.1, 0.15) is 84.0 Å². The van der Waals surface area contributed by atoms with Gasteiger partial charge in [-0.25, -0.2) is 0 Å². The summed E-state index contributed by atoms with van der Waals surface area (Å²) < 4.78 is 0. The fourth-order valence-electron chi connectivity index (χ4n) is 3.45. The predicted molar refractivity (Wildman–Crippen MR) is 129 cm³/mol. The van der Waals surface area contributed by atoms with Crippen LogP contribution in [0, 0.1) is 0 Å². The van der Waals surface area contributed by atoms with Gasteiger partial charge in [0.25, 0.3) is 0 Å². The molecule has 0 unspecified atom stereocenters. The quantitative estimate of drug-likeness (QED) is 0.147. The predicted octanol–water partition coefficient (Wildman–Crippen LogP) is 8.86. The molecule has 0 bridgehead atoms. The van der Waals surface area contributed by atoms with E-state index < -0.39 is 0 Å². The van der Waals surface area contributed by atoms with Gasteiger partial charge in [0.15, 0.2) is 0 Å². The van der Waals surface area contributed by atoms with Crippen LogP contribution in [-0.2, 0) is 16.5 Å². The summed E-state index contributed by atoms with van der Waals surface area (Å²) in [6.07, 6.45) is 17.9. The summed E-state index contributed by atoms with van der Waals surface area (Å²) in [5.74, 6) is 0. The molecule has 166 valence electrons. The van der Waals surface area contributed by atoms with Crippen molar-refractivity contribution in [1.29, 1.82) is 0 Å². The zero-order chi connectivity index (χ0) is 20.4. The van der Waals surface area contributed by atoms with Crippen molar-refractivity contribution in [1.82, 2.24) is 0 Å².